The summed E-state index contributed by atoms with van der Waals surface area (Å²) < 4.78 is 4.91. The number of H-pyrrole nitrogens is 1. The van der Waals surface area contributed by atoms with Crippen LogP contribution in [0.25, 0.3) is 10.9 Å². The van der Waals surface area contributed by atoms with Gasteiger partial charge >= 0.3 is 6.09 Å². The summed E-state index contributed by atoms with van der Waals surface area (Å²) in [7, 11) is 0. The second-order valence-electron chi connectivity index (χ2n) is 12.5. The van der Waals surface area contributed by atoms with Crippen LogP contribution in [0.5, 0.6) is 0 Å². The topological polar surface area (TPSA) is 153 Å². The molecule has 3 fully saturated rings. The number of aromatic nitrogens is 1. The van der Waals surface area contributed by atoms with Gasteiger partial charge in [-0.05, 0) is 42.7 Å². The van der Waals surface area contributed by atoms with E-state index in [9.17, 15) is 24.0 Å². The first-order valence-electron chi connectivity index (χ1n) is 15.2. The van der Waals surface area contributed by atoms with Crippen LogP contribution in [0.4, 0.5) is 4.79 Å². The predicted octanol–water partition coefficient (Wildman–Crippen LogP) is 1.69. The molecule has 5 atom stereocenters. The number of nitrogens with one attached hydrogen (secondary N) is 4. The van der Waals surface area contributed by atoms with Gasteiger partial charge < -0.3 is 30.6 Å². The summed E-state index contributed by atoms with van der Waals surface area (Å²) in [6, 6.07) is 5.43. The Bertz CT molecular complexity index is 1370. The maximum atomic E-state index is 14.3. The molecular formula is C31H42N6O6. The van der Waals surface area contributed by atoms with E-state index in [1.807, 2.05) is 51.2 Å². The van der Waals surface area contributed by atoms with Crippen molar-refractivity contribution < 1.29 is 28.7 Å². The maximum Gasteiger partial charge on any atom is 0.410 e. The Hall–Kier alpha value is -4.09. The van der Waals surface area contributed by atoms with Crippen molar-refractivity contribution in [3.8, 4) is 0 Å². The van der Waals surface area contributed by atoms with Crippen molar-refractivity contribution in [2.75, 3.05) is 26.2 Å². The van der Waals surface area contributed by atoms with Crippen LogP contribution in [0.3, 0.4) is 0 Å². The van der Waals surface area contributed by atoms with Gasteiger partial charge in [-0.3, -0.25) is 24.1 Å². The Morgan fingerprint density at radius 2 is 1.91 bits per heavy atom. The van der Waals surface area contributed by atoms with E-state index in [1.54, 1.807) is 0 Å². The summed E-state index contributed by atoms with van der Waals surface area (Å²) in [5.41, 5.74) is 1.81. The minimum absolute atomic E-state index is 0.0787. The molecule has 3 aliphatic heterocycles. The van der Waals surface area contributed by atoms with Gasteiger partial charge in [0.2, 0.25) is 23.6 Å². The summed E-state index contributed by atoms with van der Waals surface area (Å²) in [5, 5.41) is 10.0. The Morgan fingerprint density at radius 1 is 1.12 bits per heavy atom. The number of carbonyl (C=O) groups is 5. The van der Waals surface area contributed by atoms with E-state index >= 15 is 0 Å². The molecule has 0 saturated carbocycles. The van der Waals surface area contributed by atoms with Gasteiger partial charge in [-0.15, -0.1) is 0 Å². The second-order valence-corrected chi connectivity index (χ2v) is 12.5. The molecule has 5 rings (SSSR count). The number of fused-ring (bicyclic) bond motifs is 2. The molecule has 0 aliphatic carbocycles. The molecule has 1 aromatic heterocycles. The Balaban J connectivity index is 1.41. The van der Waals surface area contributed by atoms with Crippen LogP contribution >= 0.6 is 0 Å². The molecular weight excluding hydrogens is 552 g/mol. The molecule has 12 nitrogen and oxygen atoms in total. The summed E-state index contributed by atoms with van der Waals surface area (Å²) in [6.07, 6.45) is 3.52. The quantitative estimate of drug-likeness (QED) is 0.399. The molecule has 3 aliphatic rings. The molecule has 0 unspecified atom stereocenters. The Morgan fingerprint density at radius 3 is 2.65 bits per heavy atom. The number of carbonyl (C=O) groups excluding carboxylic acids is 5. The third-order valence-corrected chi connectivity index (χ3v) is 8.80. The van der Waals surface area contributed by atoms with Crippen LogP contribution in [0.2, 0.25) is 0 Å². The van der Waals surface area contributed by atoms with Gasteiger partial charge in [0.25, 0.3) is 0 Å². The van der Waals surface area contributed by atoms with Crippen LogP contribution in [-0.4, -0.2) is 94.9 Å². The van der Waals surface area contributed by atoms with Gasteiger partial charge in [-0.2, -0.15) is 0 Å². The highest BCUT2D eigenvalue weighted by Crippen LogP contribution is 2.25. The van der Waals surface area contributed by atoms with Crippen molar-refractivity contribution in [3.63, 3.8) is 0 Å². The van der Waals surface area contributed by atoms with Gasteiger partial charge in [0, 0.05) is 48.6 Å². The molecule has 0 bridgehead atoms. The Kier molecular flexibility index (Phi) is 9.22. The third kappa shape index (κ3) is 7.11. The average molecular weight is 595 g/mol. The van der Waals surface area contributed by atoms with E-state index in [-0.39, 0.29) is 80.5 Å². The number of nitrogens with zero attached hydrogens (tertiary/aromatic N) is 2. The van der Waals surface area contributed by atoms with E-state index in [2.05, 4.69) is 20.9 Å². The van der Waals surface area contributed by atoms with E-state index in [0.29, 0.717) is 13.0 Å². The highest BCUT2D eigenvalue weighted by Gasteiger charge is 2.43. The lowest BCUT2D eigenvalue weighted by molar-refractivity contribution is -0.141. The summed E-state index contributed by atoms with van der Waals surface area (Å²) in [6.45, 7) is 6.62. The van der Waals surface area contributed by atoms with Crippen molar-refractivity contribution in [3.05, 3.63) is 36.0 Å². The highest BCUT2D eigenvalue weighted by atomic mass is 16.6. The molecule has 2 aromatic rings. The molecule has 43 heavy (non-hydrogen) atoms. The fourth-order valence-corrected chi connectivity index (χ4v) is 6.36. The lowest BCUT2D eigenvalue weighted by atomic mass is 9.92. The van der Waals surface area contributed by atoms with Gasteiger partial charge in [-0.25, -0.2) is 4.79 Å². The van der Waals surface area contributed by atoms with Crippen LogP contribution in [0, 0.1) is 11.8 Å². The first kappa shape index (κ1) is 30.4. The predicted molar refractivity (Wildman–Crippen MR) is 159 cm³/mol. The largest absolute Gasteiger partial charge is 0.448 e. The summed E-state index contributed by atoms with van der Waals surface area (Å²) >= 11 is 0. The normalized spacial score (nSPS) is 27.2. The van der Waals surface area contributed by atoms with Crippen molar-refractivity contribution in [2.24, 2.45) is 11.8 Å². The number of para-hydroxylation sites is 1. The van der Waals surface area contributed by atoms with E-state index in [1.165, 1.54) is 9.80 Å². The van der Waals surface area contributed by atoms with Crippen LogP contribution in [0.1, 0.15) is 52.0 Å². The number of aromatic amines is 1. The van der Waals surface area contributed by atoms with E-state index < -0.39 is 24.2 Å². The average Bonchev–Trinajstić information content (AvgIpc) is 3.68. The van der Waals surface area contributed by atoms with Crippen molar-refractivity contribution in [1.82, 2.24) is 30.7 Å². The van der Waals surface area contributed by atoms with E-state index in [0.717, 1.165) is 22.9 Å². The van der Waals surface area contributed by atoms with Crippen molar-refractivity contribution in [2.45, 2.75) is 77.0 Å². The molecule has 232 valence electrons. The molecule has 4 N–H and O–H groups in total. The third-order valence-electron chi connectivity index (χ3n) is 8.80. The zero-order valence-corrected chi connectivity index (χ0v) is 25.1. The van der Waals surface area contributed by atoms with Gasteiger partial charge in [0.1, 0.15) is 25.2 Å². The van der Waals surface area contributed by atoms with E-state index in [4.69, 9.17) is 4.74 Å². The number of rotatable bonds is 6. The van der Waals surface area contributed by atoms with Crippen LogP contribution < -0.4 is 16.0 Å². The second kappa shape index (κ2) is 13.0. The monoisotopic (exact) mass is 594 g/mol. The zero-order chi connectivity index (χ0) is 30.7. The van der Waals surface area contributed by atoms with Crippen molar-refractivity contribution in [1.29, 1.82) is 0 Å². The zero-order valence-electron chi connectivity index (χ0n) is 25.1. The summed E-state index contributed by atoms with van der Waals surface area (Å²) in [5.74, 6) is -0.989. The molecule has 3 saturated heterocycles. The fraction of sp³-hybridized carbons (Fsp3) is 0.581. The Labute approximate surface area is 251 Å². The van der Waals surface area contributed by atoms with Gasteiger partial charge in [0.05, 0.1) is 6.54 Å². The number of ether oxygens (including phenoxy) is 1. The molecule has 1 aromatic carbocycles. The number of hydrogen-bond acceptors (Lipinski definition) is 6. The standard InChI is InChI=1S/C31H42N6O6/c1-18(2)23-9-8-19(3)12-27(38)34-25(13-20-15-32-24-7-5-4-6-22(20)24)30(41)37-16-21(14-26(37)29(40)35-23)33-28(39)17-36-10-11-43-31(36)42/h4-7,15,18-19,21,23,25-26,32H,8-14,16-17H2,1-3H3,(H,33,39)(H,34,38)(H,35,40)/t19-,21-,23+,25-,26+/m1/s1. The SMILES string of the molecule is CC(C)[C@@H]1CC[C@@H](C)CC(=O)N[C@H](Cc2c[nH]c3ccccc23)C(=O)N2C[C@H](NC(=O)CN3CCOC3=O)C[C@H]2C(=O)N1. The first-order chi connectivity index (χ1) is 20.6. The lowest BCUT2D eigenvalue weighted by Gasteiger charge is -2.30. The van der Waals surface area contributed by atoms with Gasteiger partial charge in [0.15, 0.2) is 0 Å². The minimum atomic E-state index is -0.898. The maximum absolute atomic E-state index is 14.3. The number of amides is 5. The number of hydrogen-bond donors (Lipinski definition) is 4. The molecule has 4 heterocycles. The number of benzene rings is 1. The molecule has 12 heteroatoms. The molecule has 0 radical (unpaired) electrons. The fourth-order valence-electron chi connectivity index (χ4n) is 6.36. The minimum Gasteiger partial charge on any atom is -0.448 e. The van der Waals surface area contributed by atoms with Crippen LogP contribution in [0.15, 0.2) is 30.5 Å². The van der Waals surface area contributed by atoms with Gasteiger partial charge in [-0.1, -0.05) is 39.0 Å². The highest BCUT2D eigenvalue weighted by molar-refractivity contribution is 5.94. The smallest absolute Gasteiger partial charge is 0.410 e. The summed E-state index contributed by atoms with van der Waals surface area (Å²) in [4.78, 5) is 72.0. The lowest BCUT2D eigenvalue weighted by Crippen LogP contribution is -2.55. The van der Waals surface area contributed by atoms with Crippen molar-refractivity contribution >= 4 is 40.6 Å². The number of cyclic esters (lactones) is 1. The molecule has 5 amide bonds. The first-order valence-corrected chi connectivity index (χ1v) is 15.2. The molecule has 0 spiro atoms. The van der Waals surface area contributed by atoms with Crippen LogP contribution in [-0.2, 0) is 30.3 Å².